The van der Waals surface area contributed by atoms with Crippen LogP contribution in [0, 0.1) is 5.92 Å². The lowest BCUT2D eigenvalue weighted by molar-refractivity contribution is 0.0145. The fourth-order valence-electron chi connectivity index (χ4n) is 3.90. The molecule has 2 heterocycles. The number of anilines is 1. The summed E-state index contributed by atoms with van der Waals surface area (Å²) in [5, 5.41) is 13.8. The van der Waals surface area contributed by atoms with Gasteiger partial charge in [0.2, 0.25) is 0 Å². The van der Waals surface area contributed by atoms with E-state index in [0.717, 1.165) is 32.5 Å². The minimum Gasteiger partial charge on any atom is -0.489 e. The molecule has 0 radical (unpaired) electrons. The number of nitrogens with two attached hydrogens (primary N) is 1. The van der Waals surface area contributed by atoms with Gasteiger partial charge in [0, 0.05) is 38.6 Å². The number of aliphatic hydroxyl groups is 1. The Labute approximate surface area is 189 Å². The van der Waals surface area contributed by atoms with Crippen LogP contribution in [-0.4, -0.2) is 74.1 Å². The molecule has 0 aliphatic carbocycles. The van der Waals surface area contributed by atoms with E-state index in [2.05, 4.69) is 10.2 Å². The van der Waals surface area contributed by atoms with Crippen LogP contribution in [0.4, 0.5) is 5.69 Å². The van der Waals surface area contributed by atoms with Gasteiger partial charge in [-0.05, 0) is 39.3 Å². The third kappa shape index (κ3) is 6.38. The summed E-state index contributed by atoms with van der Waals surface area (Å²) in [6, 6.07) is 1.52. The predicted octanol–water partition coefficient (Wildman–Crippen LogP) is 2.31. The van der Waals surface area contributed by atoms with Crippen molar-refractivity contribution in [2.75, 3.05) is 51.7 Å². The molecule has 2 aliphatic heterocycles. The Morgan fingerprint density at radius 2 is 2.13 bits per heavy atom. The number of fused-ring (bicyclic) bond motifs is 1. The highest BCUT2D eigenvalue weighted by atomic mass is 35.5. The second-order valence-corrected chi connectivity index (χ2v) is 8.81. The molecule has 1 amide bonds. The minimum absolute atomic E-state index is 0.00691. The van der Waals surface area contributed by atoms with Crippen LogP contribution in [0.1, 0.15) is 43.5 Å². The maximum absolute atomic E-state index is 12.9. The van der Waals surface area contributed by atoms with Crippen molar-refractivity contribution in [2.24, 2.45) is 5.92 Å². The Kier molecular flexibility index (Phi) is 8.66. The number of aliphatic hydroxyl groups excluding tert-OH is 1. The number of halogens is 1. The van der Waals surface area contributed by atoms with Crippen LogP contribution in [0.5, 0.6) is 11.5 Å². The van der Waals surface area contributed by atoms with E-state index < -0.39 is 6.10 Å². The number of ether oxygens (including phenoxy) is 3. The van der Waals surface area contributed by atoms with Crippen LogP contribution in [0.2, 0.25) is 5.02 Å². The van der Waals surface area contributed by atoms with Crippen LogP contribution < -0.4 is 20.5 Å². The molecule has 1 aromatic rings. The van der Waals surface area contributed by atoms with E-state index in [9.17, 15) is 9.90 Å². The zero-order valence-corrected chi connectivity index (χ0v) is 19.1. The number of nitrogen functional groups attached to an aromatic ring is 1. The van der Waals surface area contributed by atoms with Gasteiger partial charge >= 0.3 is 0 Å². The molecule has 2 atom stereocenters. The van der Waals surface area contributed by atoms with Crippen LogP contribution in [-0.2, 0) is 4.74 Å². The first-order valence-corrected chi connectivity index (χ1v) is 11.4. The highest BCUT2D eigenvalue weighted by Gasteiger charge is 2.29. The van der Waals surface area contributed by atoms with Gasteiger partial charge in [0.1, 0.15) is 5.02 Å². The Bertz CT molecular complexity index is 761. The normalized spacial score (nSPS) is 21.7. The number of amides is 1. The zero-order valence-electron chi connectivity index (χ0n) is 18.4. The lowest BCUT2D eigenvalue weighted by Gasteiger charge is -2.36. The quantitative estimate of drug-likeness (QED) is 0.408. The van der Waals surface area contributed by atoms with E-state index in [4.69, 9.17) is 31.5 Å². The van der Waals surface area contributed by atoms with Crippen molar-refractivity contribution >= 4 is 23.2 Å². The van der Waals surface area contributed by atoms with Crippen molar-refractivity contribution in [3.05, 3.63) is 16.7 Å². The number of likely N-dealkylation sites (tertiary alicyclic amines) is 1. The molecule has 31 heavy (non-hydrogen) atoms. The summed E-state index contributed by atoms with van der Waals surface area (Å²) in [5.41, 5.74) is 6.55. The van der Waals surface area contributed by atoms with Crippen molar-refractivity contribution in [1.82, 2.24) is 10.2 Å². The summed E-state index contributed by atoms with van der Waals surface area (Å²) in [5.74, 6) is 0.324. The van der Waals surface area contributed by atoms with Gasteiger partial charge in [-0.15, -0.1) is 0 Å². The number of benzene rings is 1. The largest absolute Gasteiger partial charge is 0.489 e. The van der Waals surface area contributed by atoms with Gasteiger partial charge in [-0.3, -0.25) is 4.79 Å². The van der Waals surface area contributed by atoms with Gasteiger partial charge in [0.15, 0.2) is 11.5 Å². The fraction of sp³-hybridized carbons (Fsp3) is 0.682. The number of rotatable bonds is 8. The van der Waals surface area contributed by atoms with E-state index in [1.807, 2.05) is 13.8 Å². The number of nitrogens with zero attached hydrogens (tertiary/aromatic N) is 1. The summed E-state index contributed by atoms with van der Waals surface area (Å²) in [7, 11) is 0. The average molecular weight is 456 g/mol. The van der Waals surface area contributed by atoms with Crippen LogP contribution >= 0.6 is 11.6 Å². The van der Waals surface area contributed by atoms with Crippen LogP contribution in [0.3, 0.4) is 0 Å². The maximum Gasteiger partial charge on any atom is 0.255 e. The topological polar surface area (TPSA) is 106 Å². The number of nitrogens with one attached hydrogen (secondary N) is 1. The highest BCUT2D eigenvalue weighted by Crippen LogP contribution is 2.43. The average Bonchev–Trinajstić information content (AvgIpc) is 2.99. The second-order valence-electron chi connectivity index (χ2n) is 8.44. The lowest BCUT2D eigenvalue weighted by Crippen LogP contribution is -2.48. The van der Waals surface area contributed by atoms with Gasteiger partial charge in [-0.25, -0.2) is 0 Å². The maximum atomic E-state index is 12.9. The molecule has 1 unspecified atom stereocenters. The van der Waals surface area contributed by atoms with E-state index in [1.54, 1.807) is 0 Å². The molecular weight excluding hydrogens is 422 g/mol. The zero-order chi connectivity index (χ0) is 22.4. The summed E-state index contributed by atoms with van der Waals surface area (Å²) < 4.78 is 17.0. The molecule has 1 fully saturated rings. The predicted molar refractivity (Wildman–Crippen MR) is 120 cm³/mol. The monoisotopic (exact) mass is 455 g/mol. The van der Waals surface area contributed by atoms with Gasteiger partial charge in [0.05, 0.1) is 36.7 Å². The summed E-state index contributed by atoms with van der Waals surface area (Å²) >= 11 is 6.25. The Hall–Kier alpha value is -1.74. The molecule has 8 nitrogen and oxygen atoms in total. The molecule has 9 heteroatoms. The highest BCUT2D eigenvalue weighted by molar-refractivity contribution is 6.35. The number of piperidine rings is 1. The van der Waals surface area contributed by atoms with Crippen LogP contribution in [0.25, 0.3) is 0 Å². The molecule has 0 aromatic heterocycles. The third-order valence-corrected chi connectivity index (χ3v) is 6.02. The minimum atomic E-state index is -0.493. The number of β-amino-alcohol motifs (C(OH)–C–C–N with tert-alkyl or cyclic N) is 1. The number of hydrogen-bond donors (Lipinski definition) is 3. The van der Waals surface area contributed by atoms with Crippen molar-refractivity contribution in [3.8, 4) is 11.5 Å². The fourth-order valence-corrected chi connectivity index (χ4v) is 4.09. The molecule has 1 saturated heterocycles. The van der Waals surface area contributed by atoms with E-state index in [1.165, 1.54) is 6.07 Å². The van der Waals surface area contributed by atoms with Crippen molar-refractivity contribution in [3.63, 3.8) is 0 Å². The Balaban J connectivity index is 1.53. The molecular formula is C22H34ClN3O5. The molecule has 0 bridgehead atoms. The van der Waals surface area contributed by atoms with Gasteiger partial charge in [-0.1, -0.05) is 11.6 Å². The van der Waals surface area contributed by atoms with Gasteiger partial charge < -0.3 is 35.3 Å². The number of carbonyl (C=O) groups is 1. The smallest absolute Gasteiger partial charge is 0.255 e. The summed E-state index contributed by atoms with van der Waals surface area (Å²) in [6.45, 7) is 8.43. The standard InChI is InChI=1S/C22H34ClN3O5/c1-14(2)29-8-3-6-26-7-5-15(18(27)13-26)12-25-22(28)16-11-17(24)19(23)21-20(16)30-9-4-10-31-21/h11,14-15,18,27H,3-10,12-13,24H2,1-2H3,(H,25,28)/t15-,18?/m0/s1. The van der Waals surface area contributed by atoms with Gasteiger partial charge in [-0.2, -0.15) is 0 Å². The Morgan fingerprint density at radius 3 is 2.84 bits per heavy atom. The third-order valence-electron chi connectivity index (χ3n) is 5.63. The van der Waals surface area contributed by atoms with Gasteiger partial charge in [0.25, 0.3) is 5.91 Å². The molecule has 1 aromatic carbocycles. The van der Waals surface area contributed by atoms with E-state index in [-0.39, 0.29) is 28.6 Å². The summed E-state index contributed by atoms with van der Waals surface area (Å²) in [6.07, 6.45) is 2.19. The molecule has 2 aliphatic rings. The van der Waals surface area contributed by atoms with Crippen LogP contribution in [0.15, 0.2) is 6.07 Å². The molecule has 4 N–H and O–H groups in total. The first-order chi connectivity index (χ1) is 14.9. The second kappa shape index (κ2) is 11.2. The van der Waals surface area contributed by atoms with Crippen molar-refractivity contribution in [1.29, 1.82) is 0 Å². The van der Waals surface area contributed by atoms with Crippen molar-refractivity contribution < 1.29 is 24.1 Å². The number of carbonyl (C=O) groups excluding carboxylic acids is 1. The van der Waals surface area contributed by atoms with E-state index in [0.29, 0.717) is 49.8 Å². The van der Waals surface area contributed by atoms with Crippen molar-refractivity contribution in [2.45, 2.75) is 45.3 Å². The lowest BCUT2D eigenvalue weighted by atomic mass is 9.93. The molecule has 174 valence electrons. The SMILES string of the molecule is CC(C)OCCCN1CC[C@@H](CNC(=O)c2cc(N)c(Cl)c3c2OCCCO3)C(O)C1. The molecule has 0 saturated carbocycles. The number of hydrogen-bond acceptors (Lipinski definition) is 7. The van der Waals surface area contributed by atoms with E-state index >= 15 is 0 Å². The Morgan fingerprint density at radius 1 is 1.39 bits per heavy atom. The molecule has 0 spiro atoms. The molecule has 3 rings (SSSR count). The summed E-state index contributed by atoms with van der Waals surface area (Å²) in [4.78, 5) is 15.1. The first-order valence-electron chi connectivity index (χ1n) is 11.0. The first kappa shape index (κ1) is 23.9.